The van der Waals surface area contributed by atoms with Gasteiger partial charge in [-0.3, -0.25) is 4.79 Å². The first-order valence-electron chi connectivity index (χ1n) is 9.43. The lowest BCUT2D eigenvalue weighted by molar-refractivity contribution is -0.140. The maximum atomic E-state index is 12.9. The molecule has 1 saturated carbocycles. The van der Waals surface area contributed by atoms with Crippen molar-refractivity contribution in [3.63, 3.8) is 0 Å². The van der Waals surface area contributed by atoms with Gasteiger partial charge >= 0.3 is 0 Å². The highest BCUT2D eigenvalue weighted by atomic mass is 16.5. The van der Waals surface area contributed by atoms with Gasteiger partial charge in [0, 0.05) is 18.0 Å². The molecule has 1 aromatic carbocycles. The molecule has 0 bridgehead atoms. The van der Waals surface area contributed by atoms with Crippen molar-refractivity contribution in [3.05, 3.63) is 35.7 Å². The van der Waals surface area contributed by atoms with Crippen molar-refractivity contribution in [2.24, 2.45) is 5.92 Å². The van der Waals surface area contributed by atoms with Crippen molar-refractivity contribution < 1.29 is 9.32 Å². The fourth-order valence-corrected chi connectivity index (χ4v) is 4.13. The summed E-state index contributed by atoms with van der Waals surface area (Å²) in [6.45, 7) is 2.86. The van der Waals surface area contributed by atoms with E-state index in [1.807, 2.05) is 30.0 Å². The molecule has 132 valence electrons. The Kier molecular flexibility index (Phi) is 4.55. The average molecular weight is 339 g/mol. The van der Waals surface area contributed by atoms with Crippen LogP contribution >= 0.6 is 0 Å². The van der Waals surface area contributed by atoms with Gasteiger partial charge < -0.3 is 9.42 Å². The van der Waals surface area contributed by atoms with Gasteiger partial charge in [0.1, 0.15) is 6.04 Å². The van der Waals surface area contributed by atoms with E-state index in [-0.39, 0.29) is 17.9 Å². The summed E-state index contributed by atoms with van der Waals surface area (Å²) >= 11 is 0. The van der Waals surface area contributed by atoms with Crippen LogP contribution in [0.15, 0.2) is 28.8 Å². The van der Waals surface area contributed by atoms with E-state index < -0.39 is 0 Å². The Morgan fingerprint density at radius 2 is 1.96 bits per heavy atom. The Bertz CT molecular complexity index is 749. The molecule has 1 aromatic heterocycles. The number of aryl methyl sites for hydroxylation is 1. The Morgan fingerprint density at radius 3 is 2.76 bits per heavy atom. The fourth-order valence-electron chi connectivity index (χ4n) is 4.13. The third-order valence-electron chi connectivity index (χ3n) is 5.49. The summed E-state index contributed by atoms with van der Waals surface area (Å²) in [5.74, 6) is 1.68. The zero-order chi connectivity index (χ0) is 17.2. The van der Waals surface area contributed by atoms with Crippen LogP contribution in [0, 0.1) is 12.8 Å². The molecule has 1 aliphatic carbocycles. The van der Waals surface area contributed by atoms with E-state index >= 15 is 0 Å². The van der Waals surface area contributed by atoms with Crippen LogP contribution in [0.4, 0.5) is 0 Å². The summed E-state index contributed by atoms with van der Waals surface area (Å²) in [6.07, 6.45) is 7.48. The summed E-state index contributed by atoms with van der Waals surface area (Å²) in [5.41, 5.74) is 2.12. The molecule has 1 unspecified atom stereocenters. The van der Waals surface area contributed by atoms with Crippen molar-refractivity contribution in [2.45, 2.75) is 57.9 Å². The number of likely N-dealkylation sites (tertiary alicyclic amines) is 1. The molecule has 1 atom stereocenters. The number of nitrogens with zero attached hydrogens (tertiary/aromatic N) is 3. The summed E-state index contributed by atoms with van der Waals surface area (Å²) in [6, 6.07) is 8.03. The maximum Gasteiger partial charge on any atom is 0.249 e. The molecule has 25 heavy (non-hydrogen) atoms. The second kappa shape index (κ2) is 6.98. The summed E-state index contributed by atoms with van der Waals surface area (Å²) in [7, 11) is 0. The van der Waals surface area contributed by atoms with Crippen LogP contribution in [0.25, 0.3) is 11.4 Å². The third kappa shape index (κ3) is 3.32. The van der Waals surface area contributed by atoms with Crippen LogP contribution in [-0.2, 0) is 4.79 Å². The molecule has 1 aliphatic heterocycles. The second-order valence-electron chi connectivity index (χ2n) is 7.35. The Hall–Kier alpha value is -2.17. The van der Waals surface area contributed by atoms with Gasteiger partial charge in [0.05, 0.1) is 0 Å². The van der Waals surface area contributed by atoms with E-state index in [1.54, 1.807) is 0 Å². The number of piperidine rings is 1. The van der Waals surface area contributed by atoms with Gasteiger partial charge in [0.2, 0.25) is 17.6 Å². The molecular weight excluding hydrogens is 314 g/mol. The molecule has 4 rings (SSSR count). The topological polar surface area (TPSA) is 59.2 Å². The molecule has 2 fully saturated rings. The number of rotatable bonds is 3. The minimum atomic E-state index is -0.0621. The number of benzene rings is 1. The molecule has 2 aliphatic rings. The Morgan fingerprint density at radius 1 is 1.16 bits per heavy atom. The normalized spacial score (nSPS) is 21.6. The zero-order valence-electron chi connectivity index (χ0n) is 14.8. The largest absolute Gasteiger partial charge is 0.337 e. The Labute approximate surface area is 148 Å². The lowest BCUT2D eigenvalue weighted by atomic mass is 9.98. The maximum absolute atomic E-state index is 12.9. The molecule has 2 heterocycles. The van der Waals surface area contributed by atoms with Gasteiger partial charge in [-0.1, -0.05) is 41.8 Å². The van der Waals surface area contributed by atoms with E-state index in [0.717, 1.165) is 44.2 Å². The van der Waals surface area contributed by atoms with Crippen LogP contribution < -0.4 is 0 Å². The molecule has 1 amide bonds. The first-order valence-corrected chi connectivity index (χ1v) is 9.43. The van der Waals surface area contributed by atoms with Gasteiger partial charge in [0.25, 0.3) is 0 Å². The van der Waals surface area contributed by atoms with E-state index in [0.29, 0.717) is 11.7 Å². The van der Waals surface area contributed by atoms with Gasteiger partial charge in [-0.05, 0) is 45.1 Å². The summed E-state index contributed by atoms with van der Waals surface area (Å²) in [4.78, 5) is 19.6. The predicted molar refractivity (Wildman–Crippen MR) is 94.7 cm³/mol. The smallest absolute Gasteiger partial charge is 0.249 e. The van der Waals surface area contributed by atoms with Crippen molar-refractivity contribution in [3.8, 4) is 11.4 Å². The fraction of sp³-hybridized carbons (Fsp3) is 0.550. The third-order valence-corrected chi connectivity index (χ3v) is 5.49. The van der Waals surface area contributed by atoms with E-state index in [9.17, 15) is 4.79 Å². The SMILES string of the molecule is Cc1cccc(-c2noc(C3CCCCN3C(=O)C3CCCC3)n2)c1. The van der Waals surface area contributed by atoms with Crippen LogP contribution in [0.1, 0.15) is 62.4 Å². The molecule has 0 N–H and O–H groups in total. The highest BCUT2D eigenvalue weighted by Crippen LogP contribution is 2.35. The highest BCUT2D eigenvalue weighted by molar-refractivity contribution is 5.79. The molecule has 5 nitrogen and oxygen atoms in total. The van der Waals surface area contributed by atoms with Crippen LogP contribution in [-0.4, -0.2) is 27.5 Å². The highest BCUT2D eigenvalue weighted by Gasteiger charge is 2.36. The summed E-state index contributed by atoms with van der Waals surface area (Å²) in [5, 5.41) is 4.17. The Balaban J connectivity index is 1.57. The first kappa shape index (κ1) is 16.3. The van der Waals surface area contributed by atoms with Gasteiger partial charge in [-0.2, -0.15) is 4.98 Å². The molecule has 0 radical (unpaired) electrons. The number of carbonyl (C=O) groups is 1. The standard InChI is InChI=1S/C20H25N3O2/c1-14-7-6-10-16(13-14)18-21-19(25-22-18)17-11-4-5-12-23(17)20(24)15-8-2-3-9-15/h6-7,10,13,15,17H,2-5,8-9,11-12H2,1H3. The van der Waals surface area contributed by atoms with Crippen molar-refractivity contribution in [1.82, 2.24) is 15.0 Å². The molecule has 0 spiro atoms. The number of hydrogen-bond donors (Lipinski definition) is 0. The molecule has 1 saturated heterocycles. The van der Waals surface area contributed by atoms with E-state index in [2.05, 4.69) is 16.2 Å². The second-order valence-corrected chi connectivity index (χ2v) is 7.35. The van der Waals surface area contributed by atoms with E-state index in [4.69, 9.17) is 4.52 Å². The van der Waals surface area contributed by atoms with E-state index in [1.165, 1.54) is 18.4 Å². The van der Waals surface area contributed by atoms with Crippen LogP contribution in [0.2, 0.25) is 0 Å². The lowest BCUT2D eigenvalue weighted by Gasteiger charge is -2.35. The number of aromatic nitrogens is 2. The average Bonchev–Trinajstić information content (AvgIpc) is 3.33. The van der Waals surface area contributed by atoms with Gasteiger partial charge in [-0.15, -0.1) is 0 Å². The number of amides is 1. The van der Waals surface area contributed by atoms with Crippen LogP contribution in [0.5, 0.6) is 0 Å². The number of hydrogen-bond acceptors (Lipinski definition) is 4. The van der Waals surface area contributed by atoms with Crippen molar-refractivity contribution >= 4 is 5.91 Å². The monoisotopic (exact) mass is 339 g/mol. The molecule has 2 aromatic rings. The first-order chi connectivity index (χ1) is 12.2. The number of carbonyl (C=O) groups excluding carboxylic acids is 1. The lowest BCUT2D eigenvalue weighted by Crippen LogP contribution is -2.41. The predicted octanol–water partition coefficient (Wildman–Crippen LogP) is 4.29. The zero-order valence-corrected chi connectivity index (χ0v) is 14.8. The van der Waals surface area contributed by atoms with Gasteiger partial charge in [-0.25, -0.2) is 0 Å². The van der Waals surface area contributed by atoms with Gasteiger partial charge in [0.15, 0.2) is 0 Å². The minimum absolute atomic E-state index is 0.0621. The van der Waals surface area contributed by atoms with Crippen molar-refractivity contribution in [2.75, 3.05) is 6.54 Å². The quantitative estimate of drug-likeness (QED) is 0.837. The molecule has 5 heteroatoms. The van der Waals surface area contributed by atoms with Crippen LogP contribution in [0.3, 0.4) is 0 Å². The summed E-state index contributed by atoms with van der Waals surface area (Å²) < 4.78 is 5.59. The van der Waals surface area contributed by atoms with Crippen molar-refractivity contribution in [1.29, 1.82) is 0 Å². The minimum Gasteiger partial charge on any atom is -0.337 e. The molecular formula is C20H25N3O2.